The third kappa shape index (κ3) is 1.90. The first kappa shape index (κ1) is 12.8. The zero-order valence-electron chi connectivity index (χ0n) is 11.3. The molecule has 1 atom stereocenters. The molecule has 1 aromatic rings. The van der Waals surface area contributed by atoms with Gasteiger partial charge >= 0.3 is 0 Å². The van der Waals surface area contributed by atoms with Crippen LogP contribution in [0, 0.1) is 0 Å². The van der Waals surface area contributed by atoms with Crippen molar-refractivity contribution in [3.05, 3.63) is 34.9 Å². The number of carbonyl (C=O) groups is 3. The smallest absolute Gasteiger partial charge is 0.255 e. The number of carbonyl (C=O) groups excluding carboxylic acids is 3. The molecule has 1 fully saturated rings. The van der Waals surface area contributed by atoms with Gasteiger partial charge in [-0.3, -0.25) is 19.7 Å². The van der Waals surface area contributed by atoms with E-state index in [1.807, 2.05) is 18.2 Å². The number of imide groups is 1. The van der Waals surface area contributed by atoms with E-state index in [2.05, 4.69) is 12.2 Å². The maximum absolute atomic E-state index is 12.5. The van der Waals surface area contributed by atoms with Gasteiger partial charge < -0.3 is 4.90 Å². The second-order valence-electron chi connectivity index (χ2n) is 5.20. The third-order valence-corrected chi connectivity index (χ3v) is 4.06. The molecule has 0 bridgehead atoms. The Balaban J connectivity index is 1.90. The molecule has 0 saturated carbocycles. The van der Waals surface area contributed by atoms with Crippen LogP contribution in [0.2, 0.25) is 0 Å². The summed E-state index contributed by atoms with van der Waals surface area (Å²) in [6.07, 6.45) is 1.56. The molecule has 0 aliphatic carbocycles. The minimum atomic E-state index is -0.530. The first-order valence-electron chi connectivity index (χ1n) is 6.87. The summed E-state index contributed by atoms with van der Waals surface area (Å²) in [5.41, 5.74) is 2.85. The molecule has 1 aromatic carbocycles. The molecule has 3 amide bonds. The lowest BCUT2D eigenvalue weighted by atomic mass is 10.0. The average Bonchev–Trinajstić information content (AvgIpc) is 2.76. The fraction of sp³-hybridized carbons (Fsp3) is 0.400. The molecular weight excluding hydrogens is 256 g/mol. The maximum Gasteiger partial charge on any atom is 0.255 e. The number of piperidine rings is 1. The molecule has 20 heavy (non-hydrogen) atoms. The molecule has 1 unspecified atom stereocenters. The van der Waals surface area contributed by atoms with Crippen molar-refractivity contribution in [1.82, 2.24) is 10.2 Å². The van der Waals surface area contributed by atoms with Crippen LogP contribution in [-0.4, -0.2) is 28.7 Å². The van der Waals surface area contributed by atoms with Crippen LogP contribution < -0.4 is 5.32 Å². The predicted octanol–water partition coefficient (Wildman–Crippen LogP) is 1.01. The van der Waals surface area contributed by atoms with E-state index >= 15 is 0 Å². The Morgan fingerprint density at radius 3 is 2.80 bits per heavy atom. The molecule has 0 radical (unpaired) electrons. The lowest BCUT2D eigenvalue weighted by Crippen LogP contribution is -2.52. The zero-order valence-corrected chi connectivity index (χ0v) is 11.3. The number of hydrogen-bond acceptors (Lipinski definition) is 3. The third-order valence-electron chi connectivity index (χ3n) is 4.06. The SMILES string of the molecule is CCc1cccc2c1CN(C1CCC(=O)NC1=O)C2=O. The number of benzene rings is 1. The molecule has 104 valence electrons. The number of nitrogens with zero attached hydrogens (tertiary/aromatic N) is 1. The molecule has 1 saturated heterocycles. The summed E-state index contributed by atoms with van der Waals surface area (Å²) in [5.74, 6) is -0.727. The molecule has 0 spiro atoms. The zero-order chi connectivity index (χ0) is 14.3. The topological polar surface area (TPSA) is 66.5 Å². The van der Waals surface area contributed by atoms with Crippen molar-refractivity contribution < 1.29 is 14.4 Å². The molecule has 5 heteroatoms. The minimum Gasteiger partial charge on any atom is -0.322 e. The van der Waals surface area contributed by atoms with Crippen LogP contribution in [0.4, 0.5) is 0 Å². The lowest BCUT2D eigenvalue weighted by molar-refractivity contribution is -0.136. The summed E-state index contributed by atoms with van der Waals surface area (Å²) < 4.78 is 0. The predicted molar refractivity (Wildman–Crippen MR) is 71.9 cm³/mol. The largest absolute Gasteiger partial charge is 0.322 e. The van der Waals surface area contributed by atoms with Crippen molar-refractivity contribution in [2.45, 2.75) is 38.8 Å². The number of nitrogens with one attached hydrogen (secondary N) is 1. The Labute approximate surface area is 116 Å². The van der Waals surface area contributed by atoms with E-state index in [0.29, 0.717) is 18.5 Å². The monoisotopic (exact) mass is 272 g/mol. The van der Waals surface area contributed by atoms with E-state index in [1.165, 1.54) is 0 Å². The number of amides is 3. The summed E-state index contributed by atoms with van der Waals surface area (Å²) >= 11 is 0. The van der Waals surface area contributed by atoms with E-state index in [0.717, 1.165) is 17.5 Å². The molecule has 1 N–H and O–H groups in total. The van der Waals surface area contributed by atoms with E-state index in [-0.39, 0.29) is 24.1 Å². The Kier molecular flexibility index (Phi) is 3.04. The number of hydrogen-bond donors (Lipinski definition) is 1. The number of rotatable bonds is 2. The average molecular weight is 272 g/mol. The fourth-order valence-corrected chi connectivity index (χ4v) is 2.98. The highest BCUT2D eigenvalue weighted by molar-refractivity contribution is 6.05. The van der Waals surface area contributed by atoms with Crippen molar-refractivity contribution in [2.75, 3.05) is 0 Å². The molecule has 3 rings (SSSR count). The summed E-state index contributed by atoms with van der Waals surface area (Å²) in [7, 11) is 0. The van der Waals surface area contributed by atoms with Crippen molar-refractivity contribution in [3.63, 3.8) is 0 Å². The number of fused-ring (bicyclic) bond motifs is 1. The van der Waals surface area contributed by atoms with Gasteiger partial charge in [-0.25, -0.2) is 0 Å². The highest BCUT2D eigenvalue weighted by atomic mass is 16.2. The highest BCUT2D eigenvalue weighted by Crippen LogP contribution is 2.29. The first-order chi connectivity index (χ1) is 9.61. The van der Waals surface area contributed by atoms with Crippen LogP contribution >= 0.6 is 0 Å². The molecule has 2 aliphatic heterocycles. The van der Waals surface area contributed by atoms with Crippen molar-refractivity contribution in [1.29, 1.82) is 0 Å². The Bertz CT molecular complexity index is 609. The van der Waals surface area contributed by atoms with Gasteiger partial charge in [-0.05, 0) is 30.0 Å². The summed E-state index contributed by atoms with van der Waals surface area (Å²) in [4.78, 5) is 37.2. The van der Waals surface area contributed by atoms with Gasteiger partial charge in [-0.15, -0.1) is 0 Å². The standard InChI is InChI=1S/C15H16N2O3/c1-2-9-4-3-5-10-11(9)8-17(15(10)20)12-6-7-13(18)16-14(12)19/h3-5,12H,2,6-8H2,1H3,(H,16,18,19). The number of aryl methyl sites for hydroxylation is 1. The quantitative estimate of drug-likeness (QED) is 0.817. The van der Waals surface area contributed by atoms with Crippen LogP contribution in [0.25, 0.3) is 0 Å². The Morgan fingerprint density at radius 2 is 2.10 bits per heavy atom. The summed E-state index contributed by atoms with van der Waals surface area (Å²) in [6.45, 7) is 2.51. The van der Waals surface area contributed by atoms with Crippen LogP contribution in [0.5, 0.6) is 0 Å². The van der Waals surface area contributed by atoms with Crippen LogP contribution in [0.1, 0.15) is 41.3 Å². The highest BCUT2D eigenvalue weighted by Gasteiger charge is 2.39. The van der Waals surface area contributed by atoms with Gasteiger partial charge in [0.2, 0.25) is 11.8 Å². The van der Waals surface area contributed by atoms with Gasteiger partial charge in [-0.2, -0.15) is 0 Å². The van der Waals surface area contributed by atoms with Gasteiger partial charge in [0.15, 0.2) is 0 Å². The molecule has 2 heterocycles. The van der Waals surface area contributed by atoms with Crippen molar-refractivity contribution in [3.8, 4) is 0 Å². The maximum atomic E-state index is 12.5. The second kappa shape index (κ2) is 4.74. The lowest BCUT2D eigenvalue weighted by Gasteiger charge is -2.29. The van der Waals surface area contributed by atoms with Gasteiger partial charge in [0.25, 0.3) is 5.91 Å². The van der Waals surface area contributed by atoms with Gasteiger partial charge in [-0.1, -0.05) is 19.1 Å². The molecule has 2 aliphatic rings. The van der Waals surface area contributed by atoms with E-state index in [1.54, 1.807) is 4.90 Å². The van der Waals surface area contributed by atoms with Crippen molar-refractivity contribution >= 4 is 17.7 Å². The van der Waals surface area contributed by atoms with E-state index < -0.39 is 6.04 Å². The van der Waals surface area contributed by atoms with Crippen LogP contribution in [0.15, 0.2) is 18.2 Å². The summed E-state index contributed by atoms with van der Waals surface area (Å²) in [5, 5.41) is 2.31. The molecular formula is C15H16N2O3. The second-order valence-corrected chi connectivity index (χ2v) is 5.20. The van der Waals surface area contributed by atoms with Gasteiger partial charge in [0.1, 0.15) is 6.04 Å². The summed E-state index contributed by atoms with van der Waals surface area (Å²) in [6, 6.07) is 5.17. The Hall–Kier alpha value is -2.17. The Morgan fingerprint density at radius 1 is 1.30 bits per heavy atom. The van der Waals surface area contributed by atoms with Crippen molar-refractivity contribution in [2.24, 2.45) is 0 Å². The van der Waals surface area contributed by atoms with Gasteiger partial charge in [0.05, 0.1) is 0 Å². The normalized spacial score (nSPS) is 21.9. The minimum absolute atomic E-state index is 0.107. The van der Waals surface area contributed by atoms with Gasteiger partial charge in [0, 0.05) is 18.5 Å². The van der Waals surface area contributed by atoms with Crippen LogP contribution in [-0.2, 0) is 22.6 Å². The van der Waals surface area contributed by atoms with Crippen LogP contribution in [0.3, 0.4) is 0 Å². The first-order valence-corrected chi connectivity index (χ1v) is 6.87. The fourth-order valence-electron chi connectivity index (χ4n) is 2.98. The molecule has 0 aromatic heterocycles. The van der Waals surface area contributed by atoms with E-state index in [4.69, 9.17) is 0 Å². The van der Waals surface area contributed by atoms with E-state index in [9.17, 15) is 14.4 Å². The molecule has 5 nitrogen and oxygen atoms in total.